The Morgan fingerprint density at radius 1 is 1.24 bits per heavy atom. The highest BCUT2D eigenvalue weighted by Gasteiger charge is 2.25. The Kier molecular flexibility index (Phi) is 4.70. The summed E-state index contributed by atoms with van der Waals surface area (Å²) in [6, 6.07) is 8.69. The summed E-state index contributed by atoms with van der Waals surface area (Å²) in [6.45, 7) is 2.25. The molecule has 0 radical (unpaired) electrons. The zero-order chi connectivity index (χ0) is 18.0. The smallest absolute Gasteiger partial charge is 0.261 e. The van der Waals surface area contributed by atoms with E-state index in [0.717, 1.165) is 11.3 Å². The van der Waals surface area contributed by atoms with Gasteiger partial charge in [0.1, 0.15) is 11.3 Å². The molecule has 1 aliphatic rings. The minimum Gasteiger partial charge on any atom is -0.497 e. The van der Waals surface area contributed by atoms with Crippen molar-refractivity contribution in [1.82, 2.24) is 10.3 Å². The van der Waals surface area contributed by atoms with Gasteiger partial charge in [-0.05, 0) is 36.1 Å². The van der Waals surface area contributed by atoms with Crippen LogP contribution in [-0.4, -0.2) is 23.8 Å². The maximum absolute atomic E-state index is 12.4. The standard InChI is InChI=1S/C19H20N2O4/c1-11-7-16-14(17(22)8-11)9-15(19(24)21-16)18(23)20-10-12-3-5-13(25-2)6-4-12/h3-6,9,11H,7-8,10H2,1-2H3,(H,20,23)(H,21,24)/t11-/m1/s1. The third-order valence-electron chi connectivity index (χ3n) is 4.37. The van der Waals surface area contributed by atoms with Crippen LogP contribution in [0.4, 0.5) is 0 Å². The topological polar surface area (TPSA) is 88.3 Å². The number of methoxy groups -OCH3 is 1. The molecule has 0 saturated heterocycles. The van der Waals surface area contributed by atoms with Crippen molar-refractivity contribution in [2.75, 3.05) is 7.11 Å². The van der Waals surface area contributed by atoms with E-state index < -0.39 is 11.5 Å². The number of amides is 1. The number of hydrogen-bond acceptors (Lipinski definition) is 4. The predicted octanol–water partition coefficient (Wildman–Crippen LogP) is 2.08. The monoisotopic (exact) mass is 340 g/mol. The number of ketones is 1. The van der Waals surface area contributed by atoms with Crippen molar-refractivity contribution < 1.29 is 14.3 Å². The van der Waals surface area contributed by atoms with Gasteiger partial charge >= 0.3 is 0 Å². The average molecular weight is 340 g/mol. The molecule has 0 unspecified atom stereocenters. The zero-order valence-electron chi connectivity index (χ0n) is 14.2. The molecule has 130 valence electrons. The molecule has 1 atom stereocenters. The number of carbonyl (C=O) groups is 2. The van der Waals surface area contributed by atoms with Crippen LogP contribution in [0.1, 0.15) is 45.3 Å². The molecule has 1 aromatic carbocycles. The summed E-state index contributed by atoms with van der Waals surface area (Å²) in [5, 5.41) is 2.71. The maximum atomic E-state index is 12.4. The van der Waals surface area contributed by atoms with E-state index in [-0.39, 0.29) is 23.8 Å². The number of ether oxygens (including phenoxy) is 1. The second-order valence-electron chi connectivity index (χ2n) is 6.37. The van der Waals surface area contributed by atoms with Gasteiger partial charge in [0.25, 0.3) is 11.5 Å². The minimum absolute atomic E-state index is 0.0323. The van der Waals surface area contributed by atoms with E-state index in [9.17, 15) is 14.4 Å². The van der Waals surface area contributed by atoms with E-state index >= 15 is 0 Å². The molecule has 0 fully saturated rings. The summed E-state index contributed by atoms with van der Waals surface area (Å²) in [5.74, 6) is 0.403. The van der Waals surface area contributed by atoms with E-state index in [2.05, 4.69) is 10.3 Å². The molecule has 1 heterocycles. The zero-order valence-corrected chi connectivity index (χ0v) is 14.2. The van der Waals surface area contributed by atoms with Crippen LogP contribution in [0.5, 0.6) is 5.75 Å². The molecule has 25 heavy (non-hydrogen) atoms. The first kappa shape index (κ1) is 17.0. The van der Waals surface area contributed by atoms with Gasteiger partial charge in [-0.2, -0.15) is 0 Å². The third-order valence-corrected chi connectivity index (χ3v) is 4.37. The Bertz CT molecular complexity index is 868. The Morgan fingerprint density at radius 3 is 2.64 bits per heavy atom. The van der Waals surface area contributed by atoms with Crippen LogP contribution in [0.3, 0.4) is 0 Å². The number of hydrogen-bond donors (Lipinski definition) is 2. The summed E-state index contributed by atoms with van der Waals surface area (Å²) >= 11 is 0. The van der Waals surface area contributed by atoms with Crippen LogP contribution in [0.15, 0.2) is 35.1 Å². The Morgan fingerprint density at radius 2 is 1.96 bits per heavy atom. The fourth-order valence-electron chi connectivity index (χ4n) is 3.02. The molecule has 1 aromatic heterocycles. The number of rotatable bonds is 4. The first-order valence-corrected chi connectivity index (χ1v) is 8.18. The number of nitrogens with one attached hydrogen (secondary N) is 2. The van der Waals surface area contributed by atoms with Crippen molar-refractivity contribution in [1.29, 1.82) is 0 Å². The summed E-state index contributed by atoms with van der Waals surface area (Å²) in [7, 11) is 1.58. The van der Waals surface area contributed by atoms with Gasteiger partial charge in [-0.15, -0.1) is 0 Å². The number of pyridine rings is 1. The molecular weight excluding hydrogens is 320 g/mol. The normalized spacial score (nSPS) is 16.2. The van der Waals surface area contributed by atoms with Crippen LogP contribution in [0.25, 0.3) is 0 Å². The predicted molar refractivity (Wildman–Crippen MR) is 93.0 cm³/mol. The van der Waals surface area contributed by atoms with Gasteiger partial charge in [0, 0.05) is 24.2 Å². The van der Waals surface area contributed by atoms with Crippen molar-refractivity contribution in [3.8, 4) is 5.75 Å². The summed E-state index contributed by atoms with van der Waals surface area (Å²) < 4.78 is 5.09. The van der Waals surface area contributed by atoms with Crippen molar-refractivity contribution in [2.24, 2.45) is 5.92 Å². The summed E-state index contributed by atoms with van der Waals surface area (Å²) in [6.07, 6.45) is 1.08. The SMILES string of the molecule is COc1ccc(CNC(=O)c2cc3c([nH]c2=O)C[C@@H](C)CC3=O)cc1. The molecule has 3 rings (SSSR count). The molecule has 1 amide bonds. The van der Waals surface area contributed by atoms with Gasteiger partial charge in [0.15, 0.2) is 5.78 Å². The number of fused-ring (bicyclic) bond motifs is 1. The largest absolute Gasteiger partial charge is 0.497 e. The molecule has 0 bridgehead atoms. The van der Waals surface area contributed by atoms with Gasteiger partial charge in [0.05, 0.1) is 7.11 Å². The highest BCUT2D eigenvalue weighted by molar-refractivity contribution is 6.01. The van der Waals surface area contributed by atoms with Crippen LogP contribution >= 0.6 is 0 Å². The van der Waals surface area contributed by atoms with Gasteiger partial charge in [0.2, 0.25) is 0 Å². The van der Waals surface area contributed by atoms with E-state index in [0.29, 0.717) is 24.1 Å². The van der Waals surface area contributed by atoms with Crippen LogP contribution in [0.2, 0.25) is 0 Å². The van der Waals surface area contributed by atoms with Crippen LogP contribution < -0.4 is 15.6 Å². The van der Waals surface area contributed by atoms with Gasteiger partial charge in [-0.25, -0.2) is 0 Å². The Hall–Kier alpha value is -2.89. The number of H-pyrrole nitrogens is 1. The third kappa shape index (κ3) is 3.63. The number of aromatic nitrogens is 1. The number of benzene rings is 1. The molecule has 1 aliphatic carbocycles. The van der Waals surface area contributed by atoms with Gasteiger partial charge < -0.3 is 15.0 Å². The van der Waals surface area contributed by atoms with Gasteiger partial charge in [-0.3, -0.25) is 14.4 Å². The first-order valence-electron chi connectivity index (χ1n) is 8.18. The number of aromatic amines is 1. The van der Waals surface area contributed by atoms with E-state index in [1.807, 2.05) is 19.1 Å². The Labute approximate surface area is 145 Å². The first-order chi connectivity index (χ1) is 12.0. The maximum Gasteiger partial charge on any atom is 0.261 e. The van der Waals surface area contributed by atoms with Crippen molar-refractivity contribution in [3.05, 3.63) is 63.1 Å². The van der Waals surface area contributed by atoms with E-state index in [1.54, 1.807) is 19.2 Å². The van der Waals surface area contributed by atoms with Crippen molar-refractivity contribution >= 4 is 11.7 Å². The Balaban J connectivity index is 1.77. The van der Waals surface area contributed by atoms with Crippen molar-refractivity contribution in [3.63, 3.8) is 0 Å². The molecule has 2 aromatic rings. The molecular formula is C19H20N2O4. The van der Waals surface area contributed by atoms with E-state index in [1.165, 1.54) is 6.07 Å². The van der Waals surface area contributed by atoms with E-state index in [4.69, 9.17) is 4.74 Å². The highest BCUT2D eigenvalue weighted by Crippen LogP contribution is 2.23. The fourth-order valence-corrected chi connectivity index (χ4v) is 3.02. The second kappa shape index (κ2) is 6.93. The average Bonchev–Trinajstić information content (AvgIpc) is 2.59. The minimum atomic E-state index is -0.494. The molecule has 0 spiro atoms. The van der Waals surface area contributed by atoms with Crippen LogP contribution in [0, 0.1) is 5.92 Å². The lowest BCUT2D eigenvalue weighted by molar-refractivity contribution is 0.0949. The quantitative estimate of drug-likeness (QED) is 0.892. The highest BCUT2D eigenvalue weighted by atomic mass is 16.5. The molecule has 0 saturated carbocycles. The summed E-state index contributed by atoms with van der Waals surface area (Å²) in [4.78, 5) is 39.4. The van der Waals surface area contributed by atoms with Crippen LogP contribution in [-0.2, 0) is 13.0 Å². The van der Waals surface area contributed by atoms with Crippen molar-refractivity contribution in [2.45, 2.75) is 26.3 Å². The second-order valence-corrected chi connectivity index (χ2v) is 6.37. The molecule has 2 N–H and O–H groups in total. The lowest BCUT2D eigenvalue weighted by Crippen LogP contribution is -2.32. The fraction of sp³-hybridized carbons (Fsp3) is 0.316. The molecule has 6 nitrogen and oxygen atoms in total. The number of carbonyl (C=O) groups excluding carboxylic acids is 2. The lowest BCUT2D eigenvalue weighted by Gasteiger charge is -2.20. The summed E-state index contributed by atoms with van der Waals surface area (Å²) in [5.41, 5.74) is 1.46. The molecule has 6 heteroatoms. The lowest BCUT2D eigenvalue weighted by atomic mass is 9.86. The number of Topliss-reactive ketones (excluding diaryl/α,β-unsaturated/α-hetero) is 1. The van der Waals surface area contributed by atoms with Gasteiger partial charge in [-0.1, -0.05) is 19.1 Å². The molecule has 0 aliphatic heterocycles.